The van der Waals surface area contributed by atoms with E-state index in [0.29, 0.717) is 17.9 Å². The molecule has 0 aliphatic carbocycles. The van der Waals surface area contributed by atoms with Gasteiger partial charge >= 0.3 is 0 Å². The number of hydrogen-bond donors (Lipinski definition) is 2. The highest BCUT2D eigenvalue weighted by molar-refractivity contribution is 6.16. The summed E-state index contributed by atoms with van der Waals surface area (Å²) < 4.78 is 5.14. The van der Waals surface area contributed by atoms with Crippen LogP contribution in [0.1, 0.15) is 33.7 Å². The Balaban J connectivity index is 1.64. The molecule has 2 N–H and O–H groups in total. The van der Waals surface area contributed by atoms with E-state index in [0.717, 1.165) is 33.7 Å². The Morgan fingerprint density at radius 1 is 1.13 bits per heavy atom. The van der Waals surface area contributed by atoms with Crippen LogP contribution in [0.4, 0.5) is 0 Å². The van der Waals surface area contributed by atoms with E-state index in [-0.39, 0.29) is 18.5 Å². The fourth-order valence-electron chi connectivity index (χ4n) is 3.72. The third kappa shape index (κ3) is 4.46. The molecule has 3 aromatic rings. The number of aryl methyl sites for hydroxylation is 2. The van der Waals surface area contributed by atoms with E-state index >= 15 is 0 Å². The van der Waals surface area contributed by atoms with Gasteiger partial charge in [0.05, 0.1) is 23.5 Å². The van der Waals surface area contributed by atoms with Gasteiger partial charge in [-0.25, -0.2) is 5.43 Å². The maximum absolute atomic E-state index is 12.5. The molecule has 7 heteroatoms. The van der Waals surface area contributed by atoms with Crippen LogP contribution >= 0.6 is 0 Å². The van der Waals surface area contributed by atoms with Gasteiger partial charge in [0.15, 0.2) is 0 Å². The van der Waals surface area contributed by atoms with Crippen LogP contribution in [0.5, 0.6) is 0 Å². The molecule has 2 heterocycles. The molecule has 4 rings (SSSR count). The molecule has 1 atom stereocenters. The highest BCUT2D eigenvalue weighted by atomic mass is 16.5. The Morgan fingerprint density at radius 2 is 1.87 bits per heavy atom. The molecule has 0 radical (unpaired) electrons. The number of rotatable bonds is 5. The normalized spacial score (nSPS) is 17.1. The largest absolute Gasteiger partial charge is 0.361 e. The van der Waals surface area contributed by atoms with Gasteiger partial charge in [0, 0.05) is 23.1 Å². The molecule has 0 fully saturated rings. The SMILES string of the molecule is CNC1N=C(c2ccccc2)c2ccccc2C/C1=N\NC(=O)Cc1c(C)noc1C. The fraction of sp³-hybridized carbons (Fsp3) is 0.250. The second-order valence-corrected chi connectivity index (χ2v) is 7.49. The van der Waals surface area contributed by atoms with Crippen LogP contribution < -0.4 is 10.7 Å². The molecule has 7 nitrogen and oxygen atoms in total. The number of carbonyl (C=O) groups excluding carboxylic acids is 1. The van der Waals surface area contributed by atoms with Gasteiger partial charge in [0.25, 0.3) is 0 Å². The van der Waals surface area contributed by atoms with Crippen LogP contribution in [-0.2, 0) is 17.6 Å². The first-order valence-corrected chi connectivity index (χ1v) is 10.2. The van der Waals surface area contributed by atoms with Crippen LogP contribution in [0.3, 0.4) is 0 Å². The van der Waals surface area contributed by atoms with E-state index in [4.69, 9.17) is 9.52 Å². The zero-order chi connectivity index (χ0) is 21.8. The molecule has 1 aliphatic heterocycles. The molecule has 0 saturated heterocycles. The van der Waals surface area contributed by atoms with Gasteiger partial charge in [-0.1, -0.05) is 59.8 Å². The maximum atomic E-state index is 12.5. The molecule has 1 unspecified atom stereocenters. The molecular formula is C24H25N5O2. The average molecular weight is 415 g/mol. The summed E-state index contributed by atoms with van der Waals surface area (Å²) in [7, 11) is 1.84. The van der Waals surface area contributed by atoms with E-state index in [9.17, 15) is 4.79 Å². The summed E-state index contributed by atoms with van der Waals surface area (Å²) in [4.78, 5) is 17.5. The lowest BCUT2D eigenvalue weighted by Crippen LogP contribution is -2.35. The maximum Gasteiger partial charge on any atom is 0.244 e. The summed E-state index contributed by atoms with van der Waals surface area (Å²) in [5.41, 5.74) is 9.07. The highest BCUT2D eigenvalue weighted by Gasteiger charge is 2.24. The van der Waals surface area contributed by atoms with Gasteiger partial charge in [-0.3, -0.25) is 15.1 Å². The summed E-state index contributed by atoms with van der Waals surface area (Å²) in [6.45, 7) is 3.62. The van der Waals surface area contributed by atoms with Gasteiger partial charge in [-0.15, -0.1) is 0 Å². The summed E-state index contributed by atoms with van der Waals surface area (Å²) in [5, 5.41) is 11.6. The number of hydrazone groups is 1. The van der Waals surface area contributed by atoms with E-state index in [1.807, 2.05) is 44.3 Å². The highest BCUT2D eigenvalue weighted by Crippen LogP contribution is 2.21. The Labute approximate surface area is 181 Å². The van der Waals surface area contributed by atoms with Crippen LogP contribution in [0.15, 0.2) is 69.2 Å². The van der Waals surface area contributed by atoms with Crippen LogP contribution in [-0.4, -0.2) is 35.7 Å². The third-order valence-electron chi connectivity index (χ3n) is 5.38. The lowest BCUT2D eigenvalue weighted by molar-refractivity contribution is -0.120. The van der Waals surface area contributed by atoms with E-state index in [1.165, 1.54) is 0 Å². The Hall–Kier alpha value is -3.58. The van der Waals surface area contributed by atoms with Gasteiger partial charge in [-0.2, -0.15) is 5.10 Å². The molecule has 0 spiro atoms. The van der Waals surface area contributed by atoms with Crippen molar-refractivity contribution in [3.63, 3.8) is 0 Å². The molecular weight excluding hydrogens is 390 g/mol. The number of carbonyl (C=O) groups is 1. The number of benzene rings is 2. The summed E-state index contributed by atoms with van der Waals surface area (Å²) >= 11 is 0. The van der Waals surface area contributed by atoms with Crippen LogP contribution in [0.25, 0.3) is 0 Å². The average Bonchev–Trinajstić information content (AvgIpc) is 3.02. The first-order chi connectivity index (χ1) is 15.1. The van der Waals surface area contributed by atoms with Crippen molar-refractivity contribution in [2.45, 2.75) is 32.9 Å². The Kier molecular flexibility index (Phi) is 6.04. The number of hydrogen-bond acceptors (Lipinski definition) is 6. The molecule has 158 valence electrons. The van der Waals surface area contributed by atoms with Crippen LogP contribution in [0, 0.1) is 13.8 Å². The summed E-state index contributed by atoms with van der Waals surface area (Å²) in [6.07, 6.45) is 0.381. The van der Waals surface area contributed by atoms with Crippen molar-refractivity contribution in [3.05, 3.63) is 88.3 Å². The predicted molar refractivity (Wildman–Crippen MR) is 120 cm³/mol. The minimum absolute atomic E-state index is 0.164. The van der Waals surface area contributed by atoms with Crippen molar-refractivity contribution >= 4 is 17.3 Å². The number of nitrogens with one attached hydrogen (secondary N) is 2. The first kappa shape index (κ1) is 20.7. The van der Waals surface area contributed by atoms with Gasteiger partial charge < -0.3 is 4.52 Å². The first-order valence-electron chi connectivity index (χ1n) is 10.2. The number of amides is 1. The lowest BCUT2D eigenvalue weighted by atomic mass is 9.96. The van der Waals surface area contributed by atoms with Gasteiger partial charge in [0.1, 0.15) is 11.9 Å². The molecule has 31 heavy (non-hydrogen) atoms. The van der Waals surface area contributed by atoms with Gasteiger partial charge in [-0.05, 0) is 26.5 Å². The van der Waals surface area contributed by atoms with E-state index < -0.39 is 0 Å². The van der Waals surface area contributed by atoms with Crippen molar-refractivity contribution in [1.29, 1.82) is 0 Å². The lowest BCUT2D eigenvalue weighted by Gasteiger charge is -2.13. The fourth-order valence-corrected chi connectivity index (χ4v) is 3.72. The van der Waals surface area contributed by atoms with E-state index in [1.54, 1.807) is 6.92 Å². The zero-order valence-electron chi connectivity index (χ0n) is 17.8. The molecule has 2 aromatic carbocycles. The second kappa shape index (κ2) is 9.06. The number of aromatic nitrogens is 1. The molecule has 1 aliphatic rings. The topological polar surface area (TPSA) is 91.9 Å². The predicted octanol–water partition coefficient (Wildman–Crippen LogP) is 2.95. The minimum Gasteiger partial charge on any atom is -0.361 e. The summed E-state index contributed by atoms with van der Waals surface area (Å²) in [6, 6.07) is 18.3. The van der Waals surface area contributed by atoms with E-state index in [2.05, 4.69) is 45.3 Å². The summed E-state index contributed by atoms with van der Waals surface area (Å²) in [5.74, 6) is 0.426. The molecule has 0 saturated carbocycles. The van der Waals surface area contributed by atoms with Crippen molar-refractivity contribution in [2.75, 3.05) is 7.05 Å². The van der Waals surface area contributed by atoms with Crippen molar-refractivity contribution in [3.8, 4) is 0 Å². The smallest absolute Gasteiger partial charge is 0.244 e. The Morgan fingerprint density at radius 3 is 2.58 bits per heavy atom. The molecule has 1 amide bonds. The van der Waals surface area contributed by atoms with Gasteiger partial charge in [0.2, 0.25) is 5.91 Å². The molecule has 1 aromatic heterocycles. The zero-order valence-corrected chi connectivity index (χ0v) is 17.8. The van der Waals surface area contributed by atoms with Crippen LogP contribution in [0.2, 0.25) is 0 Å². The number of nitrogens with zero attached hydrogens (tertiary/aromatic N) is 3. The standard InChI is InChI=1S/C24H25N5O2/c1-15-20(16(2)31-29-15)14-22(30)28-27-21-13-18-11-7-8-12-19(18)23(26-24(21)25-3)17-9-5-4-6-10-17/h4-12,24-25H,13-14H2,1-3H3,(H,28,30)/b27-21+. The molecule has 0 bridgehead atoms. The van der Waals surface area contributed by atoms with Crippen molar-refractivity contribution < 1.29 is 9.32 Å². The van der Waals surface area contributed by atoms with Crippen molar-refractivity contribution in [2.24, 2.45) is 10.1 Å². The number of fused-ring (bicyclic) bond motifs is 1. The third-order valence-corrected chi connectivity index (χ3v) is 5.38. The quantitative estimate of drug-likeness (QED) is 0.627. The number of aliphatic imine (C=N–C) groups is 1. The monoisotopic (exact) mass is 415 g/mol. The Bertz CT molecular complexity index is 1130. The second-order valence-electron chi connectivity index (χ2n) is 7.49. The van der Waals surface area contributed by atoms with Crippen molar-refractivity contribution in [1.82, 2.24) is 15.9 Å². The minimum atomic E-state index is -0.359.